The van der Waals surface area contributed by atoms with Crippen molar-refractivity contribution in [3.05, 3.63) is 357 Å². The van der Waals surface area contributed by atoms with Gasteiger partial charge in [0.05, 0.1) is 11.4 Å². The summed E-state index contributed by atoms with van der Waals surface area (Å²) in [5.74, 6) is 0. The lowest BCUT2D eigenvalue weighted by Gasteiger charge is -2.35. The maximum absolute atomic E-state index is 2.57. The molecule has 0 N–H and O–H groups in total. The first kappa shape index (κ1) is 54.4. The number of nitrogens with zero attached hydrogens (tertiary/aromatic N) is 3. The van der Waals surface area contributed by atoms with Crippen LogP contribution in [-0.4, -0.2) is 0 Å². The van der Waals surface area contributed by atoms with Crippen LogP contribution >= 0.6 is 0 Å². The second-order valence-electron chi connectivity index (χ2n) is 24.9. The van der Waals surface area contributed by atoms with Crippen LogP contribution in [0.2, 0.25) is 0 Å². The summed E-state index contributed by atoms with van der Waals surface area (Å²) >= 11 is 0. The SMILES string of the molecule is CC1(C)c2ccccc2-c2cc3c(N(c4cccc(-c5ccccc5)c4)c4ccc5ccccc5c4)c4cc(N(c5cccc(-c6ccccc6)c5)c5ccc6ccccc6c5)ccc4c(N(c4cccc(-c5ccccc5)c4)c4ccc5ccccc5c4)c3cc21. The zero-order chi connectivity index (χ0) is 61.3. The molecule has 1 aliphatic rings. The Morgan fingerprint density at radius 1 is 0.196 bits per heavy atom. The summed E-state index contributed by atoms with van der Waals surface area (Å²) in [6.45, 7) is 4.82. The van der Waals surface area contributed by atoms with Crippen molar-refractivity contribution in [1.29, 1.82) is 0 Å². The Kier molecular flexibility index (Phi) is 13.2. The highest BCUT2D eigenvalue weighted by Crippen LogP contribution is 2.58. The lowest BCUT2D eigenvalue weighted by molar-refractivity contribution is 0.661. The molecule has 1 aliphatic carbocycles. The summed E-state index contributed by atoms with van der Waals surface area (Å²) in [5.41, 5.74) is 21.3. The van der Waals surface area contributed by atoms with Gasteiger partial charge in [-0.3, -0.25) is 0 Å². The van der Waals surface area contributed by atoms with Crippen LogP contribution in [0.5, 0.6) is 0 Å². The van der Waals surface area contributed by atoms with Gasteiger partial charge in [-0.25, -0.2) is 0 Å². The molecule has 3 heteroatoms. The minimum absolute atomic E-state index is 0.311. The van der Waals surface area contributed by atoms with E-state index in [4.69, 9.17) is 0 Å². The van der Waals surface area contributed by atoms with Crippen LogP contribution in [0.3, 0.4) is 0 Å². The van der Waals surface area contributed by atoms with Gasteiger partial charge in [0.15, 0.2) is 0 Å². The Balaban J connectivity index is 1.05. The van der Waals surface area contributed by atoms with Crippen molar-refractivity contribution < 1.29 is 0 Å². The quantitative estimate of drug-likeness (QED) is 0.0892. The second kappa shape index (κ2) is 22.4. The van der Waals surface area contributed by atoms with Crippen LogP contribution in [0.25, 0.3) is 98.4 Å². The molecule has 0 radical (unpaired) electrons. The Hall–Kier alpha value is -11.8. The third kappa shape index (κ3) is 9.45. The van der Waals surface area contributed by atoms with E-state index < -0.39 is 0 Å². The first-order valence-electron chi connectivity index (χ1n) is 31.9. The molecule has 0 bridgehead atoms. The molecule has 0 saturated carbocycles. The third-order valence-electron chi connectivity index (χ3n) is 19.1. The monoisotopic (exact) mass is 1170 g/mol. The minimum Gasteiger partial charge on any atom is -0.310 e. The van der Waals surface area contributed by atoms with Crippen molar-refractivity contribution in [2.45, 2.75) is 19.3 Å². The summed E-state index contributed by atoms with van der Waals surface area (Å²) in [6.07, 6.45) is 0. The van der Waals surface area contributed by atoms with E-state index in [0.29, 0.717) is 0 Å². The molecule has 0 aromatic heterocycles. The molecule has 16 aromatic carbocycles. The average Bonchev–Trinajstić information content (AvgIpc) is 1.32. The fourth-order valence-corrected chi connectivity index (χ4v) is 14.6. The highest BCUT2D eigenvalue weighted by atomic mass is 15.2. The zero-order valence-corrected chi connectivity index (χ0v) is 51.3. The Labute approximate surface area is 537 Å². The van der Waals surface area contributed by atoms with Gasteiger partial charge in [0, 0.05) is 66.8 Å². The topological polar surface area (TPSA) is 9.72 Å². The normalized spacial score (nSPS) is 12.3. The van der Waals surface area contributed by atoms with Crippen LogP contribution in [0.1, 0.15) is 25.0 Å². The van der Waals surface area contributed by atoms with Crippen molar-refractivity contribution in [3.63, 3.8) is 0 Å². The molecule has 0 amide bonds. The molecule has 0 unspecified atom stereocenters. The van der Waals surface area contributed by atoms with Gasteiger partial charge in [-0.2, -0.15) is 0 Å². The van der Waals surface area contributed by atoms with Crippen LogP contribution in [0.15, 0.2) is 346 Å². The van der Waals surface area contributed by atoms with Gasteiger partial charge < -0.3 is 14.7 Å². The first-order chi connectivity index (χ1) is 45.4. The Morgan fingerprint density at radius 2 is 0.533 bits per heavy atom. The predicted octanol–water partition coefficient (Wildman–Crippen LogP) is 25.2. The second-order valence-corrected chi connectivity index (χ2v) is 24.9. The predicted molar refractivity (Wildman–Crippen MR) is 392 cm³/mol. The highest BCUT2D eigenvalue weighted by molar-refractivity contribution is 6.25. The van der Waals surface area contributed by atoms with E-state index in [0.717, 1.165) is 106 Å². The number of rotatable bonds is 12. The maximum Gasteiger partial charge on any atom is 0.0620 e. The van der Waals surface area contributed by atoms with Gasteiger partial charge >= 0.3 is 0 Å². The summed E-state index contributed by atoms with van der Waals surface area (Å²) < 4.78 is 0. The molecular formula is C89H63N3. The molecule has 0 saturated heterocycles. The maximum atomic E-state index is 2.57. The lowest BCUT2D eigenvalue weighted by atomic mass is 9.81. The van der Waals surface area contributed by atoms with Crippen LogP contribution in [-0.2, 0) is 5.41 Å². The standard InChI is InChI=1S/C89H63N3/c1-89(2)85-42-19-18-41-79(85)81-58-83-84(59-86(81)89)87(91(76-47-44-64-30-13-16-33-67(64)55-76)73-39-21-36-70(52-73)61-25-8-4-9-26-61)80-50-49-78(90(75-46-43-63-29-12-15-32-66(63)54-75)72-38-20-35-69(51-72)60-23-6-3-7-24-60)57-82(80)88(83)92(77-48-45-65-31-14-17-34-68(65)56-77)74-40-22-37-71(53-74)62-27-10-5-11-28-62/h3-59H,1-2H3. The third-order valence-corrected chi connectivity index (χ3v) is 19.1. The summed E-state index contributed by atoms with van der Waals surface area (Å²) in [5, 5.41) is 11.5. The van der Waals surface area contributed by atoms with Crippen molar-refractivity contribution in [3.8, 4) is 44.5 Å². The molecule has 3 nitrogen and oxygen atoms in total. The number of hydrogen-bond donors (Lipinski definition) is 0. The molecule has 0 spiro atoms. The highest BCUT2D eigenvalue weighted by Gasteiger charge is 2.38. The smallest absolute Gasteiger partial charge is 0.0620 e. The Bertz CT molecular complexity index is 5520. The van der Waals surface area contributed by atoms with Gasteiger partial charge in [0.25, 0.3) is 0 Å². The molecule has 0 aliphatic heterocycles. The van der Waals surface area contributed by atoms with Crippen LogP contribution in [0, 0.1) is 0 Å². The van der Waals surface area contributed by atoms with E-state index in [-0.39, 0.29) is 5.41 Å². The van der Waals surface area contributed by atoms with Crippen molar-refractivity contribution in [2.75, 3.05) is 14.7 Å². The molecule has 16 aromatic rings. The van der Waals surface area contributed by atoms with E-state index in [2.05, 4.69) is 374 Å². The zero-order valence-electron chi connectivity index (χ0n) is 51.3. The molecule has 17 rings (SSSR count). The molecule has 0 fully saturated rings. The van der Waals surface area contributed by atoms with Crippen molar-refractivity contribution in [2.24, 2.45) is 0 Å². The van der Waals surface area contributed by atoms with Crippen molar-refractivity contribution in [1.82, 2.24) is 0 Å². The van der Waals surface area contributed by atoms with E-state index in [1.54, 1.807) is 0 Å². The summed E-state index contributed by atoms with van der Waals surface area (Å²) in [6, 6.07) is 128. The van der Waals surface area contributed by atoms with E-state index in [1.807, 2.05) is 0 Å². The van der Waals surface area contributed by atoms with Gasteiger partial charge in [0.2, 0.25) is 0 Å². The van der Waals surface area contributed by atoms with Crippen LogP contribution in [0.4, 0.5) is 51.2 Å². The molecule has 92 heavy (non-hydrogen) atoms. The molecule has 0 heterocycles. The molecule has 0 atom stereocenters. The minimum atomic E-state index is -0.311. The van der Waals surface area contributed by atoms with Gasteiger partial charge in [-0.15, -0.1) is 0 Å². The van der Waals surface area contributed by atoms with Gasteiger partial charge in [-0.05, 0) is 185 Å². The molecular weight excluding hydrogens is 1110 g/mol. The number of fused-ring (bicyclic) bond motifs is 8. The summed E-state index contributed by atoms with van der Waals surface area (Å²) in [7, 11) is 0. The van der Waals surface area contributed by atoms with Crippen LogP contribution < -0.4 is 14.7 Å². The number of benzene rings is 16. The molecule has 434 valence electrons. The summed E-state index contributed by atoms with van der Waals surface area (Å²) in [4.78, 5) is 7.60. The van der Waals surface area contributed by atoms with Gasteiger partial charge in [0.1, 0.15) is 0 Å². The van der Waals surface area contributed by atoms with E-state index in [9.17, 15) is 0 Å². The largest absolute Gasteiger partial charge is 0.310 e. The first-order valence-corrected chi connectivity index (χ1v) is 31.9. The fourth-order valence-electron chi connectivity index (χ4n) is 14.6. The average molecular weight is 1170 g/mol. The number of anilines is 9. The number of hydrogen-bond acceptors (Lipinski definition) is 3. The van der Waals surface area contributed by atoms with Gasteiger partial charge in [-0.1, -0.05) is 263 Å². The van der Waals surface area contributed by atoms with E-state index in [1.165, 1.54) is 54.6 Å². The fraction of sp³-hybridized carbons (Fsp3) is 0.0337. The lowest BCUT2D eigenvalue weighted by Crippen LogP contribution is -2.17. The van der Waals surface area contributed by atoms with Crippen molar-refractivity contribution >= 4 is 105 Å². The Morgan fingerprint density at radius 3 is 1.01 bits per heavy atom. The van der Waals surface area contributed by atoms with E-state index >= 15 is 0 Å².